The normalized spacial score (nSPS) is 13.5. The average molecular weight is 369 g/mol. The van der Waals surface area contributed by atoms with Crippen molar-refractivity contribution in [1.29, 1.82) is 0 Å². The molecule has 0 radical (unpaired) electrons. The zero-order valence-corrected chi connectivity index (χ0v) is 15.5. The molecule has 6 heteroatoms. The summed E-state index contributed by atoms with van der Waals surface area (Å²) in [6, 6.07) is 14.0. The quantitative estimate of drug-likeness (QED) is 0.544. The Morgan fingerprint density at radius 3 is 2.86 bits per heavy atom. The molecule has 3 aromatic heterocycles. The maximum Gasteiger partial charge on any atom is 0.274 e. The van der Waals surface area contributed by atoms with Crippen LogP contribution in [0.25, 0.3) is 16.9 Å². The van der Waals surface area contributed by atoms with E-state index in [9.17, 15) is 4.79 Å². The van der Waals surface area contributed by atoms with Gasteiger partial charge in [-0.15, -0.1) is 0 Å². The lowest BCUT2D eigenvalue weighted by Crippen LogP contribution is -2.36. The fourth-order valence-electron chi connectivity index (χ4n) is 3.66. The summed E-state index contributed by atoms with van der Waals surface area (Å²) < 4.78 is 1.67. The van der Waals surface area contributed by atoms with Crippen molar-refractivity contribution >= 4 is 11.6 Å². The number of pyridine rings is 1. The van der Waals surface area contributed by atoms with Crippen molar-refractivity contribution in [3.8, 4) is 11.3 Å². The molecule has 1 aliphatic rings. The van der Waals surface area contributed by atoms with Gasteiger partial charge in [0, 0.05) is 43.3 Å². The second kappa shape index (κ2) is 6.56. The van der Waals surface area contributed by atoms with Crippen LogP contribution in [0.1, 0.15) is 27.2 Å². The van der Waals surface area contributed by atoms with Crippen LogP contribution in [0.2, 0.25) is 0 Å². The first-order valence-corrected chi connectivity index (χ1v) is 9.32. The molecule has 4 aromatic rings. The highest BCUT2D eigenvalue weighted by Crippen LogP contribution is 2.26. The minimum Gasteiger partial charge on any atom is -0.333 e. The van der Waals surface area contributed by atoms with Crippen molar-refractivity contribution in [2.24, 2.45) is 0 Å². The Labute approximate surface area is 162 Å². The summed E-state index contributed by atoms with van der Waals surface area (Å²) in [5.41, 5.74) is 6.66. The van der Waals surface area contributed by atoms with Crippen LogP contribution in [-0.4, -0.2) is 36.9 Å². The van der Waals surface area contributed by atoms with E-state index in [1.54, 1.807) is 23.0 Å². The lowest BCUT2D eigenvalue weighted by atomic mass is 9.96. The molecule has 0 saturated carbocycles. The Morgan fingerprint density at radius 2 is 2.00 bits per heavy atom. The lowest BCUT2D eigenvalue weighted by Gasteiger charge is -2.28. The van der Waals surface area contributed by atoms with E-state index in [-0.39, 0.29) is 5.91 Å². The van der Waals surface area contributed by atoms with E-state index < -0.39 is 0 Å². The van der Waals surface area contributed by atoms with E-state index in [0.29, 0.717) is 24.4 Å². The minimum atomic E-state index is -0.0531. The summed E-state index contributed by atoms with van der Waals surface area (Å²) in [6.07, 6.45) is 6.29. The summed E-state index contributed by atoms with van der Waals surface area (Å²) in [4.78, 5) is 23.6. The molecule has 1 amide bonds. The van der Waals surface area contributed by atoms with E-state index in [2.05, 4.69) is 33.3 Å². The summed E-state index contributed by atoms with van der Waals surface area (Å²) in [5, 5.41) is 4.41. The number of carbonyl (C=O) groups excluding carboxylic acids is 1. The van der Waals surface area contributed by atoms with Crippen LogP contribution in [0.3, 0.4) is 0 Å². The molecule has 138 valence electrons. The molecular formula is C22H19N5O. The molecule has 0 N–H and O–H groups in total. The fraction of sp³-hybridized carbons (Fsp3) is 0.182. The SMILES string of the molecule is Cc1cnc2cc(C(=O)N3CCc4cc(-c5ccccn5)ccc4C3)nn2c1. The van der Waals surface area contributed by atoms with Crippen LogP contribution in [0.4, 0.5) is 0 Å². The molecule has 0 unspecified atom stereocenters. The molecule has 5 rings (SSSR count). The van der Waals surface area contributed by atoms with Gasteiger partial charge in [0.25, 0.3) is 5.91 Å². The summed E-state index contributed by atoms with van der Waals surface area (Å²) in [6.45, 7) is 3.23. The number of nitrogens with zero attached hydrogens (tertiary/aromatic N) is 5. The molecule has 0 atom stereocenters. The van der Waals surface area contributed by atoms with E-state index in [1.807, 2.05) is 36.2 Å². The predicted molar refractivity (Wildman–Crippen MR) is 106 cm³/mol. The van der Waals surface area contributed by atoms with Gasteiger partial charge in [0.2, 0.25) is 0 Å². The van der Waals surface area contributed by atoms with E-state index >= 15 is 0 Å². The first-order chi connectivity index (χ1) is 13.7. The third-order valence-electron chi connectivity index (χ3n) is 5.13. The summed E-state index contributed by atoms with van der Waals surface area (Å²) in [5.74, 6) is -0.0531. The summed E-state index contributed by atoms with van der Waals surface area (Å²) >= 11 is 0. The standard InChI is InChI=1S/C22H19N5O/c1-15-12-24-21-11-20(25-27(21)13-15)22(28)26-9-7-16-10-17(5-6-18(16)14-26)19-4-2-3-8-23-19/h2-6,8,10-13H,7,9,14H2,1H3. The van der Waals surface area contributed by atoms with Gasteiger partial charge in [-0.2, -0.15) is 5.10 Å². The molecule has 1 aliphatic heterocycles. The van der Waals surface area contributed by atoms with Crippen molar-refractivity contribution in [3.05, 3.63) is 83.4 Å². The van der Waals surface area contributed by atoms with E-state index in [4.69, 9.17) is 0 Å². The van der Waals surface area contributed by atoms with Crippen LogP contribution < -0.4 is 0 Å². The van der Waals surface area contributed by atoms with Gasteiger partial charge in [0.15, 0.2) is 11.3 Å². The Kier molecular flexibility index (Phi) is 3.90. The zero-order chi connectivity index (χ0) is 19.1. The Hall–Kier alpha value is -3.54. The highest BCUT2D eigenvalue weighted by Gasteiger charge is 2.24. The topological polar surface area (TPSA) is 63.4 Å². The summed E-state index contributed by atoms with van der Waals surface area (Å²) in [7, 11) is 0. The zero-order valence-electron chi connectivity index (χ0n) is 15.5. The van der Waals surface area contributed by atoms with Gasteiger partial charge in [-0.05, 0) is 48.2 Å². The number of fused-ring (bicyclic) bond motifs is 2. The lowest BCUT2D eigenvalue weighted by molar-refractivity contribution is 0.0728. The smallest absolute Gasteiger partial charge is 0.274 e. The van der Waals surface area contributed by atoms with Crippen molar-refractivity contribution in [3.63, 3.8) is 0 Å². The molecule has 0 saturated heterocycles. The van der Waals surface area contributed by atoms with Gasteiger partial charge < -0.3 is 4.90 Å². The van der Waals surface area contributed by atoms with E-state index in [1.165, 1.54) is 11.1 Å². The van der Waals surface area contributed by atoms with Crippen molar-refractivity contribution < 1.29 is 4.79 Å². The van der Waals surface area contributed by atoms with Crippen LogP contribution >= 0.6 is 0 Å². The fourth-order valence-corrected chi connectivity index (χ4v) is 3.66. The first kappa shape index (κ1) is 16.6. The molecule has 6 nitrogen and oxygen atoms in total. The highest BCUT2D eigenvalue weighted by molar-refractivity contribution is 5.93. The van der Waals surface area contributed by atoms with Gasteiger partial charge in [0.1, 0.15) is 0 Å². The van der Waals surface area contributed by atoms with E-state index in [0.717, 1.165) is 23.2 Å². The third-order valence-corrected chi connectivity index (χ3v) is 5.13. The second-order valence-electron chi connectivity index (χ2n) is 7.14. The number of hydrogen-bond acceptors (Lipinski definition) is 4. The van der Waals surface area contributed by atoms with Crippen molar-refractivity contribution in [2.75, 3.05) is 6.54 Å². The third kappa shape index (κ3) is 2.93. The minimum absolute atomic E-state index is 0.0531. The molecule has 0 spiro atoms. The van der Waals surface area contributed by atoms with Gasteiger partial charge in [0.05, 0.1) is 5.69 Å². The molecule has 0 fully saturated rings. The van der Waals surface area contributed by atoms with Crippen molar-refractivity contribution in [1.82, 2.24) is 24.5 Å². The first-order valence-electron chi connectivity index (χ1n) is 9.32. The molecule has 4 heterocycles. The van der Waals surface area contributed by atoms with Gasteiger partial charge in [-0.3, -0.25) is 9.78 Å². The molecule has 1 aromatic carbocycles. The number of amides is 1. The highest BCUT2D eigenvalue weighted by atomic mass is 16.2. The number of benzene rings is 1. The maximum absolute atomic E-state index is 13.0. The molecule has 28 heavy (non-hydrogen) atoms. The molecular weight excluding hydrogens is 350 g/mol. The Balaban J connectivity index is 1.39. The Morgan fingerprint density at radius 1 is 1.07 bits per heavy atom. The number of hydrogen-bond donors (Lipinski definition) is 0. The van der Waals surface area contributed by atoms with Gasteiger partial charge >= 0.3 is 0 Å². The molecule has 0 bridgehead atoms. The number of rotatable bonds is 2. The van der Waals surface area contributed by atoms with Crippen molar-refractivity contribution in [2.45, 2.75) is 19.9 Å². The number of carbonyl (C=O) groups is 1. The second-order valence-corrected chi connectivity index (χ2v) is 7.14. The number of aryl methyl sites for hydroxylation is 1. The van der Waals surface area contributed by atoms with Crippen LogP contribution in [0.15, 0.2) is 61.1 Å². The van der Waals surface area contributed by atoms with Crippen LogP contribution in [0.5, 0.6) is 0 Å². The van der Waals surface area contributed by atoms with Crippen LogP contribution in [-0.2, 0) is 13.0 Å². The number of aromatic nitrogens is 4. The van der Waals surface area contributed by atoms with Gasteiger partial charge in [-0.1, -0.05) is 18.2 Å². The Bertz CT molecular complexity index is 1180. The largest absolute Gasteiger partial charge is 0.333 e. The van der Waals surface area contributed by atoms with Gasteiger partial charge in [-0.25, -0.2) is 9.50 Å². The predicted octanol–water partition coefficient (Wildman–Crippen LogP) is 3.30. The molecule has 0 aliphatic carbocycles. The maximum atomic E-state index is 13.0. The monoisotopic (exact) mass is 369 g/mol. The van der Waals surface area contributed by atoms with Crippen LogP contribution in [0, 0.1) is 6.92 Å². The average Bonchev–Trinajstić information content (AvgIpc) is 3.16.